The van der Waals surface area contributed by atoms with Crippen LogP contribution in [-0.2, 0) is 17.7 Å². The van der Waals surface area contributed by atoms with E-state index in [-0.39, 0.29) is 6.03 Å². The number of piperidine rings is 1. The van der Waals surface area contributed by atoms with E-state index in [0.717, 1.165) is 44.0 Å². The lowest BCUT2D eigenvalue weighted by Gasteiger charge is -2.34. The van der Waals surface area contributed by atoms with Crippen molar-refractivity contribution in [2.24, 2.45) is 0 Å². The number of amides is 2. The van der Waals surface area contributed by atoms with E-state index in [4.69, 9.17) is 9.47 Å². The van der Waals surface area contributed by atoms with E-state index in [1.165, 1.54) is 10.4 Å². The van der Waals surface area contributed by atoms with E-state index >= 15 is 0 Å². The first-order chi connectivity index (χ1) is 13.1. The van der Waals surface area contributed by atoms with Gasteiger partial charge in [-0.25, -0.2) is 4.79 Å². The lowest BCUT2D eigenvalue weighted by molar-refractivity contribution is 0.0422. The predicted octanol–water partition coefficient (Wildman–Crippen LogP) is 2.81. The van der Waals surface area contributed by atoms with Gasteiger partial charge in [0.05, 0.1) is 13.2 Å². The number of nitrogens with zero attached hydrogens (tertiary/aromatic N) is 3. The van der Waals surface area contributed by atoms with Crippen LogP contribution in [0.1, 0.15) is 37.1 Å². The van der Waals surface area contributed by atoms with Gasteiger partial charge in [-0.2, -0.15) is 0 Å². The number of carbonyl (C=O) groups is 1. The zero-order valence-electron chi connectivity index (χ0n) is 16.5. The maximum absolute atomic E-state index is 12.7. The molecule has 2 fully saturated rings. The van der Waals surface area contributed by atoms with E-state index in [0.29, 0.717) is 45.0 Å². The first-order valence-electron chi connectivity index (χ1n) is 10.2. The highest BCUT2D eigenvalue weighted by Crippen LogP contribution is 2.35. The van der Waals surface area contributed by atoms with Gasteiger partial charge in [0.2, 0.25) is 0 Å². The van der Waals surface area contributed by atoms with Crippen molar-refractivity contribution in [3.8, 4) is 5.06 Å². The van der Waals surface area contributed by atoms with Crippen molar-refractivity contribution in [3.05, 3.63) is 16.5 Å². The predicted molar refractivity (Wildman–Crippen MR) is 107 cm³/mol. The Balaban J connectivity index is 1.33. The molecule has 0 aromatic carbocycles. The second kappa shape index (κ2) is 8.37. The molecule has 4 rings (SSSR count). The highest BCUT2D eigenvalue weighted by Gasteiger charge is 2.28. The Kier molecular flexibility index (Phi) is 5.90. The summed E-state index contributed by atoms with van der Waals surface area (Å²) in [5, 5.41) is 1.03. The maximum Gasteiger partial charge on any atom is 0.320 e. The third-order valence-corrected chi connectivity index (χ3v) is 7.01. The average molecular weight is 394 g/mol. The van der Waals surface area contributed by atoms with Crippen LogP contribution in [0.5, 0.6) is 5.06 Å². The molecule has 2 saturated heterocycles. The minimum Gasteiger partial charge on any atom is -0.481 e. The minimum atomic E-state index is 0.152. The van der Waals surface area contributed by atoms with Crippen LogP contribution in [-0.4, -0.2) is 78.8 Å². The highest BCUT2D eigenvalue weighted by atomic mass is 32.1. The van der Waals surface area contributed by atoms with Crippen LogP contribution < -0.4 is 4.74 Å². The number of morpholine rings is 1. The Labute approximate surface area is 166 Å². The second-order valence-electron chi connectivity index (χ2n) is 8.01. The van der Waals surface area contributed by atoms with Crippen LogP contribution in [0.25, 0.3) is 0 Å². The molecule has 150 valence electrons. The fourth-order valence-corrected chi connectivity index (χ4v) is 5.23. The van der Waals surface area contributed by atoms with Gasteiger partial charge < -0.3 is 24.2 Å². The second-order valence-corrected chi connectivity index (χ2v) is 9.11. The molecule has 0 spiro atoms. The summed E-state index contributed by atoms with van der Waals surface area (Å²) >= 11 is 1.78. The van der Waals surface area contributed by atoms with Gasteiger partial charge in [-0.15, -0.1) is 11.3 Å². The lowest BCUT2D eigenvalue weighted by atomic mass is 10.1. The number of likely N-dealkylation sites (tertiary alicyclic amines) is 1. The van der Waals surface area contributed by atoms with Gasteiger partial charge in [0, 0.05) is 50.2 Å². The van der Waals surface area contributed by atoms with E-state index < -0.39 is 0 Å². The normalized spacial score (nSPS) is 22.2. The number of rotatable bonds is 3. The molecule has 1 aromatic heterocycles. The van der Waals surface area contributed by atoms with Crippen molar-refractivity contribution in [1.82, 2.24) is 14.7 Å². The molecule has 0 bridgehead atoms. The number of urea groups is 1. The van der Waals surface area contributed by atoms with Gasteiger partial charge in [0.1, 0.15) is 6.10 Å². The fourth-order valence-electron chi connectivity index (χ4n) is 4.16. The van der Waals surface area contributed by atoms with Crippen LogP contribution in [0.4, 0.5) is 4.79 Å². The van der Waals surface area contributed by atoms with Gasteiger partial charge >= 0.3 is 6.03 Å². The first-order valence-corrected chi connectivity index (χ1v) is 11.1. The third kappa shape index (κ3) is 4.41. The van der Waals surface area contributed by atoms with Crippen molar-refractivity contribution < 1.29 is 14.3 Å². The molecule has 0 saturated carbocycles. The van der Waals surface area contributed by atoms with E-state index in [2.05, 4.69) is 24.8 Å². The molecule has 6 nitrogen and oxygen atoms in total. The summed E-state index contributed by atoms with van der Waals surface area (Å²) in [6.07, 6.45) is 3.46. The molecule has 2 amide bonds. The van der Waals surface area contributed by atoms with Crippen LogP contribution in [0.3, 0.4) is 0 Å². The average Bonchev–Trinajstić information content (AvgIpc) is 3.10. The standard InChI is InChI=1S/C20H31N3O3S/c1-15(2)21-6-3-17(4-7-21)26-19-13-16-14-23(8-5-18(16)27-19)20(24)22-9-11-25-12-10-22/h13,15,17H,3-12,14H2,1-2H3. The summed E-state index contributed by atoms with van der Waals surface area (Å²) in [5.41, 5.74) is 1.27. The van der Waals surface area contributed by atoms with Crippen molar-refractivity contribution >= 4 is 17.4 Å². The maximum atomic E-state index is 12.7. The van der Waals surface area contributed by atoms with Gasteiger partial charge in [-0.1, -0.05) is 0 Å². The lowest BCUT2D eigenvalue weighted by Crippen LogP contribution is -2.49. The summed E-state index contributed by atoms with van der Waals surface area (Å²) in [5.74, 6) is 0. The Morgan fingerprint density at radius 2 is 1.89 bits per heavy atom. The van der Waals surface area contributed by atoms with Crippen LogP contribution in [0.2, 0.25) is 0 Å². The largest absolute Gasteiger partial charge is 0.481 e. The van der Waals surface area contributed by atoms with Gasteiger partial charge in [0.25, 0.3) is 0 Å². The molecule has 7 heteroatoms. The molecule has 3 aliphatic rings. The number of ether oxygens (including phenoxy) is 2. The summed E-state index contributed by atoms with van der Waals surface area (Å²) in [6.45, 7) is 11.0. The molecule has 3 aliphatic heterocycles. The smallest absolute Gasteiger partial charge is 0.320 e. The number of thiophene rings is 1. The topological polar surface area (TPSA) is 45.2 Å². The fraction of sp³-hybridized carbons (Fsp3) is 0.750. The van der Waals surface area contributed by atoms with Gasteiger partial charge in [-0.3, -0.25) is 0 Å². The number of hydrogen-bond acceptors (Lipinski definition) is 5. The molecule has 4 heterocycles. The molecule has 0 aliphatic carbocycles. The Bertz CT molecular complexity index is 649. The SMILES string of the molecule is CC(C)N1CCC(Oc2cc3c(s2)CCN(C(=O)N2CCOCC2)C3)CC1. The summed E-state index contributed by atoms with van der Waals surface area (Å²) in [6, 6.07) is 2.95. The summed E-state index contributed by atoms with van der Waals surface area (Å²) in [7, 11) is 0. The quantitative estimate of drug-likeness (QED) is 0.792. The number of hydrogen-bond donors (Lipinski definition) is 0. The molecule has 0 unspecified atom stereocenters. The van der Waals surface area contributed by atoms with E-state index in [1.807, 2.05) is 9.80 Å². The molecule has 27 heavy (non-hydrogen) atoms. The van der Waals surface area contributed by atoms with E-state index in [1.54, 1.807) is 11.3 Å². The summed E-state index contributed by atoms with van der Waals surface area (Å²) < 4.78 is 11.7. The van der Waals surface area contributed by atoms with Crippen molar-refractivity contribution in [2.75, 3.05) is 45.9 Å². The number of fused-ring (bicyclic) bond motifs is 1. The minimum absolute atomic E-state index is 0.152. The van der Waals surface area contributed by atoms with Crippen molar-refractivity contribution in [1.29, 1.82) is 0 Å². The summed E-state index contributed by atoms with van der Waals surface area (Å²) in [4.78, 5) is 20.5. The van der Waals surface area contributed by atoms with Crippen molar-refractivity contribution in [3.63, 3.8) is 0 Å². The van der Waals surface area contributed by atoms with Crippen molar-refractivity contribution in [2.45, 2.75) is 51.8 Å². The van der Waals surface area contributed by atoms with Crippen LogP contribution >= 0.6 is 11.3 Å². The highest BCUT2D eigenvalue weighted by molar-refractivity contribution is 7.14. The van der Waals surface area contributed by atoms with Gasteiger partial charge in [0.15, 0.2) is 5.06 Å². The Morgan fingerprint density at radius 3 is 2.59 bits per heavy atom. The molecule has 0 atom stereocenters. The third-order valence-electron chi connectivity index (χ3n) is 5.89. The zero-order valence-corrected chi connectivity index (χ0v) is 17.3. The van der Waals surface area contributed by atoms with Crippen LogP contribution in [0.15, 0.2) is 6.07 Å². The molecule has 1 aromatic rings. The first kappa shape index (κ1) is 19.0. The van der Waals surface area contributed by atoms with Gasteiger partial charge in [-0.05, 0) is 44.7 Å². The molecular formula is C20H31N3O3S. The molecule has 0 N–H and O–H groups in total. The molecule has 0 radical (unpaired) electrons. The van der Waals surface area contributed by atoms with E-state index in [9.17, 15) is 4.79 Å². The Hall–Kier alpha value is -1.31. The van der Waals surface area contributed by atoms with Crippen LogP contribution in [0, 0.1) is 0 Å². The number of carbonyl (C=O) groups excluding carboxylic acids is 1. The zero-order chi connectivity index (χ0) is 18.8. The molecular weight excluding hydrogens is 362 g/mol. The monoisotopic (exact) mass is 393 g/mol. The Morgan fingerprint density at radius 1 is 1.15 bits per heavy atom.